The van der Waals surface area contributed by atoms with Gasteiger partial charge in [0.15, 0.2) is 5.96 Å². The molecule has 0 aliphatic carbocycles. The number of likely N-dealkylation sites (N-methyl/N-ethyl adjacent to an activating group) is 1. The molecular weight excluding hydrogens is 392 g/mol. The zero-order valence-corrected chi connectivity index (χ0v) is 19.4. The van der Waals surface area contributed by atoms with Crippen LogP contribution in [-0.2, 0) is 9.59 Å². The molecular formula is C23H38N6O2. The second kappa shape index (κ2) is 12.8. The Kier molecular flexibility index (Phi) is 10.1. The maximum atomic E-state index is 12.0. The highest BCUT2D eigenvalue weighted by molar-refractivity contribution is 5.85. The van der Waals surface area contributed by atoms with Crippen LogP contribution in [0.2, 0.25) is 0 Å². The summed E-state index contributed by atoms with van der Waals surface area (Å²) in [5.74, 6) is 1.28. The van der Waals surface area contributed by atoms with E-state index in [1.807, 2.05) is 18.2 Å². The van der Waals surface area contributed by atoms with E-state index >= 15 is 0 Å². The number of carbonyl (C=O) groups is 2. The van der Waals surface area contributed by atoms with Crippen molar-refractivity contribution in [1.82, 2.24) is 20.4 Å². The summed E-state index contributed by atoms with van der Waals surface area (Å²) in [5, 5.41) is 6.17. The largest absolute Gasteiger partial charge is 0.375 e. The van der Waals surface area contributed by atoms with Crippen molar-refractivity contribution in [1.29, 1.82) is 0 Å². The fourth-order valence-electron chi connectivity index (χ4n) is 3.59. The van der Waals surface area contributed by atoms with Gasteiger partial charge in [-0.2, -0.15) is 0 Å². The maximum absolute atomic E-state index is 12.0. The number of hydrogen-bond acceptors (Lipinski definition) is 4. The van der Waals surface area contributed by atoms with E-state index in [1.165, 1.54) is 5.69 Å². The summed E-state index contributed by atoms with van der Waals surface area (Å²) in [6.07, 6.45) is 3.44. The van der Waals surface area contributed by atoms with E-state index in [0.717, 1.165) is 51.4 Å². The van der Waals surface area contributed by atoms with Crippen LogP contribution >= 0.6 is 0 Å². The minimum atomic E-state index is -0.0161. The first-order chi connectivity index (χ1) is 14.9. The third-order valence-corrected chi connectivity index (χ3v) is 5.68. The number of para-hydroxylation sites is 1. The van der Waals surface area contributed by atoms with Gasteiger partial charge in [0.25, 0.3) is 0 Å². The van der Waals surface area contributed by atoms with E-state index < -0.39 is 0 Å². The molecule has 0 spiro atoms. The van der Waals surface area contributed by atoms with Gasteiger partial charge >= 0.3 is 0 Å². The third-order valence-electron chi connectivity index (χ3n) is 5.68. The lowest BCUT2D eigenvalue weighted by atomic mass is 9.93. The monoisotopic (exact) mass is 430 g/mol. The van der Waals surface area contributed by atoms with Crippen LogP contribution in [-0.4, -0.2) is 88.5 Å². The minimum Gasteiger partial charge on any atom is -0.375 e. The van der Waals surface area contributed by atoms with Gasteiger partial charge in [-0.15, -0.1) is 0 Å². The van der Waals surface area contributed by atoms with Crippen molar-refractivity contribution < 1.29 is 9.59 Å². The first-order valence-corrected chi connectivity index (χ1v) is 11.1. The molecule has 0 saturated carbocycles. The minimum absolute atomic E-state index is 0.0161. The fraction of sp³-hybridized carbons (Fsp3) is 0.609. The van der Waals surface area contributed by atoms with E-state index in [9.17, 15) is 9.59 Å². The Balaban J connectivity index is 1.87. The average molecular weight is 431 g/mol. The van der Waals surface area contributed by atoms with E-state index in [2.05, 4.69) is 44.6 Å². The molecule has 0 atom stereocenters. The maximum Gasteiger partial charge on any atom is 0.243 e. The smallest absolute Gasteiger partial charge is 0.243 e. The Hall–Kier alpha value is -2.77. The highest BCUT2D eigenvalue weighted by Gasteiger charge is 2.23. The van der Waals surface area contributed by atoms with Gasteiger partial charge in [0.1, 0.15) is 6.54 Å². The topological polar surface area (TPSA) is 80.3 Å². The van der Waals surface area contributed by atoms with Gasteiger partial charge in [-0.05, 0) is 37.3 Å². The molecule has 0 aromatic heterocycles. The van der Waals surface area contributed by atoms with Crippen molar-refractivity contribution >= 4 is 23.5 Å². The number of benzene rings is 1. The number of nitrogens with one attached hydrogen (secondary N) is 2. The highest BCUT2D eigenvalue weighted by Crippen LogP contribution is 2.20. The molecule has 1 saturated heterocycles. The Morgan fingerprint density at radius 2 is 1.81 bits per heavy atom. The predicted molar refractivity (Wildman–Crippen MR) is 126 cm³/mol. The predicted octanol–water partition coefficient (Wildman–Crippen LogP) is 1.39. The van der Waals surface area contributed by atoms with Crippen molar-refractivity contribution in [2.24, 2.45) is 10.9 Å². The summed E-state index contributed by atoms with van der Waals surface area (Å²) in [6.45, 7) is 3.53. The molecule has 31 heavy (non-hydrogen) atoms. The molecule has 0 bridgehead atoms. The average Bonchev–Trinajstić information content (AvgIpc) is 2.79. The molecule has 1 fully saturated rings. The van der Waals surface area contributed by atoms with Crippen LogP contribution in [0.25, 0.3) is 0 Å². The van der Waals surface area contributed by atoms with Crippen LogP contribution in [0.3, 0.4) is 0 Å². The first-order valence-electron chi connectivity index (χ1n) is 11.1. The molecule has 2 amide bonds. The van der Waals surface area contributed by atoms with E-state index in [1.54, 1.807) is 26.0 Å². The molecule has 8 nitrogen and oxygen atoms in total. The van der Waals surface area contributed by atoms with Crippen molar-refractivity contribution in [3.8, 4) is 0 Å². The lowest BCUT2D eigenvalue weighted by molar-refractivity contribution is -0.127. The van der Waals surface area contributed by atoms with Crippen molar-refractivity contribution in [2.75, 3.05) is 65.8 Å². The number of piperidine rings is 1. The first kappa shape index (κ1) is 24.5. The zero-order valence-electron chi connectivity index (χ0n) is 19.4. The number of anilines is 1. The molecule has 1 aliphatic rings. The number of amides is 2. The SMILES string of the molecule is CNC(=O)CC1CCN(C(=NCC(=O)N(C)C)NCCCN(C)c2ccccc2)CC1. The number of aliphatic imine (C=N–C) groups is 1. The molecule has 1 aromatic rings. The van der Waals surface area contributed by atoms with Crippen LogP contribution in [0, 0.1) is 5.92 Å². The Labute approximate surface area is 186 Å². The molecule has 1 aromatic carbocycles. The number of likely N-dealkylation sites (tertiary alicyclic amines) is 1. The molecule has 172 valence electrons. The standard InChI is InChI=1S/C23H38N6O2/c1-24-21(30)17-19-11-15-29(16-12-19)23(26-18-22(31)27(2)3)25-13-8-14-28(4)20-9-6-5-7-10-20/h5-7,9-10,19H,8,11-18H2,1-4H3,(H,24,30)(H,25,26). The Bertz CT molecular complexity index is 714. The second-order valence-corrected chi connectivity index (χ2v) is 8.27. The zero-order chi connectivity index (χ0) is 22.6. The molecule has 8 heteroatoms. The van der Waals surface area contributed by atoms with Gasteiger partial charge < -0.3 is 25.3 Å². The fourth-order valence-corrected chi connectivity index (χ4v) is 3.59. The Morgan fingerprint density at radius 3 is 2.42 bits per heavy atom. The number of hydrogen-bond donors (Lipinski definition) is 2. The van der Waals surface area contributed by atoms with Gasteiger partial charge in [-0.1, -0.05) is 18.2 Å². The van der Waals surface area contributed by atoms with Crippen molar-refractivity contribution in [3.63, 3.8) is 0 Å². The van der Waals surface area contributed by atoms with Gasteiger partial charge in [0.05, 0.1) is 0 Å². The second-order valence-electron chi connectivity index (χ2n) is 8.27. The molecule has 2 N–H and O–H groups in total. The Morgan fingerprint density at radius 1 is 1.13 bits per heavy atom. The summed E-state index contributed by atoms with van der Waals surface area (Å²) in [6, 6.07) is 10.3. The van der Waals surface area contributed by atoms with Crippen LogP contribution in [0.5, 0.6) is 0 Å². The van der Waals surface area contributed by atoms with E-state index in [0.29, 0.717) is 12.3 Å². The lowest BCUT2D eigenvalue weighted by Gasteiger charge is -2.34. The summed E-state index contributed by atoms with van der Waals surface area (Å²) in [7, 11) is 7.27. The quantitative estimate of drug-likeness (QED) is 0.352. The molecule has 1 heterocycles. The molecule has 1 aliphatic heterocycles. The molecule has 2 rings (SSSR count). The van der Waals surface area contributed by atoms with Gasteiger partial charge in [-0.25, -0.2) is 4.99 Å². The molecule has 0 unspecified atom stereocenters. The number of rotatable bonds is 9. The van der Waals surface area contributed by atoms with E-state index in [-0.39, 0.29) is 18.4 Å². The van der Waals surface area contributed by atoms with Crippen molar-refractivity contribution in [2.45, 2.75) is 25.7 Å². The van der Waals surface area contributed by atoms with Crippen LogP contribution in [0.15, 0.2) is 35.3 Å². The van der Waals surface area contributed by atoms with Crippen molar-refractivity contribution in [3.05, 3.63) is 30.3 Å². The lowest BCUT2D eigenvalue weighted by Crippen LogP contribution is -2.47. The van der Waals surface area contributed by atoms with Gasteiger partial charge in [0, 0.05) is 66.5 Å². The number of nitrogens with zero attached hydrogens (tertiary/aromatic N) is 4. The van der Waals surface area contributed by atoms with Crippen LogP contribution in [0.1, 0.15) is 25.7 Å². The molecule has 0 radical (unpaired) electrons. The van der Waals surface area contributed by atoms with Gasteiger partial charge in [-0.3, -0.25) is 9.59 Å². The van der Waals surface area contributed by atoms with Crippen LogP contribution < -0.4 is 15.5 Å². The number of guanidine groups is 1. The third kappa shape index (κ3) is 8.47. The summed E-state index contributed by atoms with van der Waals surface area (Å²) < 4.78 is 0. The highest BCUT2D eigenvalue weighted by atomic mass is 16.2. The number of carbonyl (C=O) groups excluding carboxylic acids is 2. The van der Waals surface area contributed by atoms with E-state index in [4.69, 9.17) is 0 Å². The van der Waals surface area contributed by atoms with Crippen LogP contribution in [0.4, 0.5) is 5.69 Å². The summed E-state index contributed by atoms with van der Waals surface area (Å²) >= 11 is 0. The summed E-state index contributed by atoms with van der Waals surface area (Å²) in [4.78, 5) is 34.3. The van der Waals surface area contributed by atoms with Gasteiger partial charge in [0.2, 0.25) is 11.8 Å². The normalized spacial score (nSPS) is 14.8. The summed E-state index contributed by atoms with van der Waals surface area (Å²) in [5.41, 5.74) is 1.20.